The Hall–Kier alpha value is -2.13. The predicted molar refractivity (Wildman–Crippen MR) is 97.3 cm³/mol. The molecule has 1 aromatic rings. The van der Waals surface area contributed by atoms with Crippen LogP contribution in [0.25, 0.3) is 0 Å². The van der Waals surface area contributed by atoms with Crippen LogP contribution in [-0.4, -0.2) is 53.8 Å². The molecule has 0 saturated carbocycles. The van der Waals surface area contributed by atoms with Crippen LogP contribution < -0.4 is 16.0 Å². The Labute approximate surface area is 164 Å². The summed E-state index contributed by atoms with van der Waals surface area (Å²) in [5.41, 5.74) is 4.16. The third-order valence-electron chi connectivity index (χ3n) is 3.59. The molecule has 0 unspecified atom stereocenters. The van der Waals surface area contributed by atoms with Crippen molar-refractivity contribution in [1.82, 2.24) is 5.32 Å². The van der Waals surface area contributed by atoms with E-state index in [9.17, 15) is 23.2 Å². The molecule has 0 saturated heterocycles. The minimum Gasteiger partial charge on any atom is -0.480 e. The number of nitrogens with two attached hydrogens (primary N) is 1. The molecule has 1 atom stereocenters. The lowest BCUT2D eigenvalue weighted by Gasteiger charge is -2.24. The maximum Gasteiger partial charge on any atom is 0.326 e. The number of carbonyl (C=O) groups is 3. The summed E-state index contributed by atoms with van der Waals surface area (Å²) in [5, 5.41) is 11.2. The van der Waals surface area contributed by atoms with Gasteiger partial charge in [0.05, 0.1) is 0 Å². The quantitative estimate of drug-likeness (QED) is 0.467. The summed E-state index contributed by atoms with van der Waals surface area (Å²) in [7, 11) is 0. The number of carboxylic acids is 1. The molecule has 0 bridgehead atoms. The van der Waals surface area contributed by atoms with Gasteiger partial charge >= 0.3 is 5.97 Å². The van der Waals surface area contributed by atoms with Crippen molar-refractivity contribution in [2.75, 3.05) is 29.7 Å². The molecule has 0 aliphatic rings. The Morgan fingerprint density at radius 1 is 1.15 bits per heavy atom. The van der Waals surface area contributed by atoms with E-state index in [1.165, 1.54) is 4.90 Å². The molecule has 0 radical (unpaired) electrons. The summed E-state index contributed by atoms with van der Waals surface area (Å²) >= 11 is 11.2. The molecular weight excluding hydrogens is 407 g/mol. The fourth-order valence-electron chi connectivity index (χ4n) is 2.32. The second-order valence-corrected chi connectivity index (χ2v) is 6.28. The Kier molecular flexibility index (Phi) is 9.23. The number of anilines is 1. The number of halogens is 4. The highest BCUT2D eigenvalue weighted by atomic mass is 35.5. The van der Waals surface area contributed by atoms with Gasteiger partial charge in [-0.3, -0.25) is 9.59 Å². The van der Waals surface area contributed by atoms with Crippen molar-refractivity contribution in [1.29, 1.82) is 0 Å². The number of hydrogen-bond acceptors (Lipinski definition) is 4. The minimum atomic E-state index is -1.43. The van der Waals surface area contributed by atoms with E-state index < -0.39 is 41.0 Å². The highest BCUT2D eigenvalue weighted by Gasteiger charge is 2.24. The summed E-state index contributed by atoms with van der Waals surface area (Å²) in [4.78, 5) is 35.4. The maximum atomic E-state index is 14.4. The lowest BCUT2D eigenvalue weighted by molar-refractivity contribution is -0.139. The summed E-state index contributed by atoms with van der Waals surface area (Å²) in [6.45, 7) is 0.281. The summed E-state index contributed by atoms with van der Waals surface area (Å²) in [6.07, 6.45) is -0.524. The number of rotatable bonds is 11. The lowest BCUT2D eigenvalue weighted by atomic mass is 10.1. The van der Waals surface area contributed by atoms with E-state index in [1.54, 1.807) is 0 Å². The fourth-order valence-corrected chi connectivity index (χ4v) is 2.73. The van der Waals surface area contributed by atoms with Gasteiger partial charge in [-0.25, -0.2) is 13.6 Å². The molecule has 7 nitrogen and oxygen atoms in total. The smallest absolute Gasteiger partial charge is 0.326 e. The first kappa shape index (κ1) is 22.9. The van der Waals surface area contributed by atoms with Crippen molar-refractivity contribution in [2.45, 2.75) is 18.9 Å². The Morgan fingerprint density at radius 2 is 1.67 bits per heavy atom. The average Bonchev–Trinajstić information content (AvgIpc) is 2.57. The highest BCUT2D eigenvalue weighted by Crippen LogP contribution is 2.25. The third-order valence-corrected chi connectivity index (χ3v) is 3.93. The third kappa shape index (κ3) is 6.84. The summed E-state index contributed by atoms with van der Waals surface area (Å²) in [6, 6.07) is 0.145. The molecule has 4 N–H and O–H groups in total. The molecule has 0 aliphatic carbocycles. The number of carbonyl (C=O) groups excluding carboxylic acids is 2. The first-order valence-electron chi connectivity index (χ1n) is 7.89. The van der Waals surface area contributed by atoms with Gasteiger partial charge in [-0.15, -0.1) is 23.2 Å². The first-order valence-corrected chi connectivity index (χ1v) is 8.96. The molecular formula is C16H19Cl2F2N3O4. The number of amides is 2. The topological polar surface area (TPSA) is 113 Å². The van der Waals surface area contributed by atoms with Crippen LogP contribution in [0, 0.1) is 11.6 Å². The van der Waals surface area contributed by atoms with Gasteiger partial charge in [-0.1, -0.05) is 0 Å². The number of alkyl halides is 2. The van der Waals surface area contributed by atoms with Crippen LogP contribution in [0.2, 0.25) is 0 Å². The standard InChI is InChI=1S/C16H19Cl2F2N3O4/c17-3-5-23(6-4-18)14-10(19)7-9(8-11(14)20)15(25)22-12(16(26)27)1-2-13(21)24/h7-8,12H,1-6H2,(H2,21,24)(H,22,25)(H,26,27)/t12-/m0/s1. The van der Waals surface area contributed by atoms with E-state index in [-0.39, 0.29) is 43.4 Å². The van der Waals surface area contributed by atoms with E-state index in [0.29, 0.717) is 0 Å². The van der Waals surface area contributed by atoms with E-state index in [0.717, 1.165) is 12.1 Å². The molecule has 0 fully saturated rings. The van der Waals surface area contributed by atoms with Crippen molar-refractivity contribution in [3.63, 3.8) is 0 Å². The summed E-state index contributed by atoms with van der Waals surface area (Å²) < 4.78 is 28.8. The molecule has 0 aliphatic heterocycles. The van der Waals surface area contributed by atoms with Crippen molar-refractivity contribution < 1.29 is 28.3 Å². The van der Waals surface area contributed by atoms with Crippen LogP contribution in [0.4, 0.5) is 14.5 Å². The van der Waals surface area contributed by atoms with Crippen LogP contribution in [-0.2, 0) is 9.59 Å². The van der Waals surface area contributed by atoms with Gasteiger partial charge in [0, 0.05) is 36.8 Å². The van der Waals surface area contributed by atoms with E-state index in [1.807, 2.05) is 0 Å². The number of hydrogen-bond donors (Lipinski definition) is 3. The first-order chi connectivity index (χ1) is 12.7. The zero-order chi connectivity index (χ0) is 20.6. The zero-order valence-electron chi connectivity index (χ0n) is 14.2. The number of carboxylic acid groups (broad SMARTS) is 1. The van der Waals surface area contributed by atoms with Gasteiger partial charge < -0.3 is 21.1 Å². The number of nitrogens with zero attached hydrogens (tertiary/aromatic N) is 1. The lowest BCUT2D eigenvalue weighted by Crippen LogP contribution is -2.41. The Morgan fingerprint density at radius 3 is 2.07 bits per heavy atom. The van der Waals surface area contributed by atoms with Crippen LogP contribution in [0.15, 0.2) is 12.1 Å². The minimum absolute atomic E-state index is 0.109. The number of aliphatic carboxylic acids is 1. The normalized spacial score (nSPS) is 11.7. The Balaban J connectivity index is 3.04. The monoisotopic (exact) mass is 425 g/mol. The number of nitrogens with one attached hydrogen (secondary N) is 1. The van der Waals surface area contributed by atoms with E-state index in [2.05, 4.69) is 5.32 Å². The second kappa shape index (κ2) is 10.9. The zero-order valence-corrected chi connectivity index (χ0v) is 15.7. The number of primary amides is 1. The van der Waals surface area contributed by atoms with Crippen molar-refractivity contribution in [3.05, 3.63) is 29.3 Å². The molecule has 0 heterocycles. The van der Waals surface area contributed by atoms with Gasteiger partial charge in [0.1, 0.15) is 23.4 Å². The largest absolute Gasteiger partial charge is 0.480 e. The molecule has 0 aromatic heterocycles. The van der Waals surface area contributed by atoms with Crippen LogP contribution >= 0.6 is 23.2 Å². The molecule has 27 heavy (non-hydrogen) atoms. The van der Waals surface area contributed by atoms with Crippen LogP contribution in [0.3, 0.4) is 0 Å². The molecule has 11 heteroatoms. The predicted octanol–water partition coefficient (Wildman–Crippen LogP) is 1.70. The highest BCUT2D eigenvalue weighted by molar-refractivity contribution is 6.18. The maximum absolute atomic E-state index is 14.4. The molecule has 1 aromatic carbocycles. The van der Waals surface area contributed by atoms with E-state index >= 15 is 0 Å². The van der Waals surface area contributed by atoms with Gasteiger partial charge in [-0.2, -0.15) is 0 Å². The fraction of sp³-hybridized carbons (Fsp3) is 0.438. The second-order valence-electron chi connectivity index (χ2n) is 5.52. The van der Waals surface area contributed by atoms with Crippen molar-refractivity contribution >= 4 is 46.7 Å². The van der Waals surface area contributed by atoms with Gasteiger partial charge in [-0.05, 0) is 18.6 Å². The van der Waals surface area contributed by atoms with Gasteiger partial charge in [0.15, 0.2) is 0 Å². The van der Waals surface area contributed by atoms with Gasteiger partial charge in [0.25, 0.3) is 5.91 Å². The van der Waals surface area contributed by atoms with Crippen LogP contribution in [0.5, 0.6) is 0 Å². The molecule has 2 amide bonds. The SMILES string of the molecule is NC(=O)CC[C@H](NC(=O)c1cc(F)c(N(CCCl)CCCl)c(F)c1)C(=O)O. The van der Waals surface area contributed by atoms with Crippen molar-refractivity contribution in [3.8, 4) is 0 Å². The number of benzene rings is 1. The summed E-state index contributed by atoms with van der Waals surface area (Å²) in [5.74, 6) is -4.96. The van der Waals surface area contributed by atoms with Gasteiger partial charge in [0.2, 0.25) is 5.91 Å². The van der Waals surface area contributed by atoms with E-state index in [4.69, 9.17) is 34.0 Å². The molecule has 0 spiro atoms. The molecule has 1 rings (SSSR count). The van der Waals surface area contributed by atoms with Crippen LogP contribution in [0.1, 0.15) is 23.2 Å². The molecule has 150 valence electrons. The average molecular weight is 426 g/mol. The van der Waals surface area contributed by atoms with Crippen molar-refractivity contribution in [2.24, 2.45) is 5.73 Å². The Bertz CT molecular complexity index is 677.